The summed E-state index contributed by atoms with van der Waals surface area (Å²) in [5, 5.41) is 0. The van der Waals surface area contributed by atoms with E-state index in [4.69, 9.17) is 5.73 Å². The van der Waals surface area contributed by atoms with E-state index in [0.29, 0.717) is 13.1 Å². The van der Waals surface area contributed by atoms with E-state index in [0.717, 1.165) is 12.8 Å². The molecule has 1 fully saturated rings. The van der Waals surface area contributed by atoms with Gasteiger partial charge in [0.25, 0.3) is 5.91 Å². The van der Waals surface area contributed by atoms with Crippen LogP contribution >= 0.6 is 0 Å². The molecule has 1 saturated heterocycles. The number of hydrogen-bond acceptors (Lipinski definition) is 2. The summed E-state index contributed by atoms with van der Waals surface area (Å²) in [6.07, 6.45) is 1.58. The van der Waals surface area contributed by atoms with Gasteiger partial charge in [-0.15, -0.1) is 0 Å². The zero-order chi connectivity index (χ0) is 11.5. The second-order valence-corrected chi connectivity index (χ2v) is 4.11. The smallest absolute Gasteiger partial charge is 0.256 e. The first-order valence-corrected chi connectivity index (χ1v) is 5.48. The zero-order valence-corrected chi connectivity index (χ0v) is 9.03. The first kappa shape index (κ1) is 11.1. The second kappa shape index (κ2) is 4.61. The highest BCUT2D eigenvalue weighted by molar-refractivity contribution is 5.94. The highest BCUT2D eigenvalue weighted by Crippen LogP contribution is 2.14. The SMILES string of the molecule is NC1CCN(C(=O)c2ccccc2F)CC1. The van der Waals surface area contributed by atoms with E-state index in [9.17, 15) is 9.18 Å². The highest BCUT2D eigenvalue weighted by Gasteiger charge is 2.23. The topological polar surface area (TPSA) is 46.3 Å². The number of nitrogens with two attached hydrogens (primary N) is 1. The number of benzene rings is 1. The van der Waals surface area contributed by atoms with Crippen LogP contribution in [-0.2, 0) is 0 Å². The van der Waals surface area contributed by atoms with Gasteiger partial charge in [0.1, 0.15) is 5.82 Å². The molecule has 2 rings (SSSR count). The number of hydrogen-bond donors (Lipinski definition) is 1. The molecule has 86 valence electrons. The number of carbonyl (C=O) groups excluding carboxylic acids is 1. The van der Waals surface area contributed by atoms with Crippen molar-refractivity contribution in [3.05, 3.63) is 35.6 Å². The zero-order valence-electron chi connectivity index (χ0n) is 9.03. The number of amides is 1. The lowest BCUT2D eigenvalue weighted by Crippen LogP contribution is -2.43. The fraction of sp³-hybridized carbons (Fsp3) is 0.417. The standard InChI is InChI=1S/C12H15FN2O/c13-11-4-2-1-3-10(11)12(16)15-7-5-9(14)6-8-15/h1-4,9H,5-8,14H2. The van der Waals surface area contributed by atoms with Crippen molar-refractivity contribution in [1.29, 1.82) is 0 Å². The fourth-order valence-corrected chi connectivity index (χ4v) is 1.91. The summed E-state index contributed by atoms with van der Waals surface area (Å²) < 4.78 is 13.4. The lowest BCUT2D eigenvalue weighted by Gasteiger charge is -2.30. The van der Waals surface area contributed by atoms with E-state index in [-0.39, 0.29) is 17.5 Å². The van der Waals surface area contributed by atoms with Crippen LogP contribution in [0.3, 0.4) is 0 Å². The van der Waals surface area contributed by atoms with Crippen LogP contribution in [0.1, 0.15) is 23.2 Å². The Morgan fingerprint density at radius 3 is 2.56 bits per heavy atom. The Balaban J connectivity index is 2.11. The van der Waals surface area contributed by atoms with Gasteiger partial charge in [0.15, 0.2) is 0 Å². The lowest BCUT2D eigenvalue weighted by molar-refractivity contribution is 0.0710. The normalized spacial score (nSPS) is 17.5. The van der Waals surface area contributed by atoms with Gasteiger partial charge in [0.05, 0.1) is 5.56 Å². The Hall–Kier alpha value is -1.42. The van der Waals surface area contributed by atoms with Crippen LogP contribution in [0.4, 0.5) is 4.39 Å². The highest BCUT2D eigenvalue weighted by atomic mass is 19.1. The van der Waals surface area contributed by atoms with Gasteiger partial charge in [0.2, 0.25) is 0 Å². The fourth-order valence-electron chi connectivity index (χ4n) is 1.91. The second-order valence-electron chi connectivity index (χ2n) is 4.11. The van der Waals surface area contributed by atoms with Crippen molar-refractivity contribution >= 4 is 5.91 Å². The average Bonchev–Trinajstić information content (AvgIpc) is 2.30. The summed E-state index contributed by atoms with van der Waals surface area (Å²) in [7, 11) is 0. The number of piperidine rings is 1. The monoisotopic (exact) mass is 222 g/mol. The minimum absolute atomic E-state index is 0.151. The van der Waals surface area contributed by atoms with Crippen molar-refractivity contribution in [3.63, 3.8) is 0 Å². The molecule has 1 aromatic carbocycles. The largest absolute Gasteiger partial charge is 0.338 e. The van der Waals surface area contributed by atoms with E-state index < -0.39 is 5.82 Å². The quantitative estimate of drug-likeness (QED) is 0.780. The van der Waals surface area contributed by atoms with Crippen LogP contribution < -0.4 is 5.73 Å². The minimum Gasteiger partial charge on any atom is -0.338 e. The maximum absolute atomic E-state index is 13.4. The Labute approximate surface area is 94.0 Å². The van der Waals surface area contributed by atoms with Crippen LogP contribution in [-0.4, -0.2) is 29.9 Å². The number of likely N-dealkylation sites (tertiary alicyclic amines) is 1. The van der Waals surface area contributed by atoms with E-state index >= 15 is 0 Å². The first-order chi connectivity index (χ1) is 7.68. The van der Waals surface area contributed by atoms with Gasteiger partial charge < -0.3 is 10.6 Å². The molecule has 16 heavy (non-hydrogen) atoms. The van der Waals surface area contributed by atoms with Gasteiger partial charge in [-0.1, -0.05) is 12.1 Å². The summed E-state index contributed by atoms with van der Waals surface area (Å²) in [6.45, 7) is 1.24. The summed E-state index contributed by atoms with van der Waals surface area (Å²) in [5.74, 6) is -0.688. The van der Waals surface area contributed by atoms with Crippen molar-refractivity contribution < 1.29 is 9.18 Å². The third-order valence-electron chi connectivity index (χ3n) is 2.93. The molecular formula is C12H15FN2O. The third-order valence-corrected chi connectivity index (χ3v) is 2.93. The molecule has 0 spiro atoms. The molecule has 0 bridgehead atoms. The van der Waals surface area contributed by atoms with Crippen molar-refractivity contribution in [3.8, 4) is 0 Å². The molecule has 3 nitrogen and oxygen atoms in total. The predicted octanol–water partition coefficient (Wildman–Crippen LogP) is 1.39. The Bertz CT molecular complexity index is 386. The Kier molecular flexibility index (Phi) is 3.19. The predicted molar refractivity (Wildman–Crippen MR) is 59.5 cm³/mol. The van der Waals surface area contributed by atoms with Gasteiger partial charge in [-0.3, -0.25) is 4.79 Å². The molecule has 0 aromatic heterocycles. The van der Waals surface area contributed by atoms with Crippen molar-refractivity contribution in [2.45, 2.75) is 18.9 Å². The number of carbonyl (C=O) groups is 1. The molecule has 1 aliphatic rings. The lowest BCUT2D eigenvalue weighted by atomic mass is 10.0. The van der Waals surface area contributed by atoms with E-state index in [1.165, 1.54) is 12.1 Å². The van der Waals surface area contributed by atoms with Crippen LogP contribution in [0.5, 0.6) is 0 Å². The molecule has 0 atom stereocenters. The maximum Gasteiger partial charge on any atom is 0.256 e. The maximum atomic E-state index is 13.4. The molecular weight excluding hydrogens is 207 g/mol. The van der Waals surface area contributed by atoms with E-state index in [1.54, 1.807) is 17.0 Å². The molecule has 1 heterocycles. The summed E-state index contributed by atoms with van der Waals surface area (Å²) in [4.78, 5) is 13.6. The van der Waals surface area contributed by atoms with Crippen molar-refractivity contribution in [2.75, 3.05) is 13.1 Å². The third kappa shape index (κ3) is 2.22. The van der Waals surface area contributed by atoms with Crippen LogP contribution in [0.2, 0.25) is 0 Å². The van der Waals surface area contributed by atoms with Gasteiger partial charge in [-0.2, -0.15) is 0 Å². The van der Waals surface area contributed by atoms with Crippen LogP contribution in [0.15, 0.2) is 24.3 Å². The first-order valence-electron chi connectivity index (χ1n) is 5.48. The molecule has 0 aliphatic carbocycles. The molecule has 0 radical (unpaired) electrons. The Morgan fingerprint density at radius 2 is 1.94 bits per heavy atom. The molecule has 2 N–H and O–H groups in total. The van der Waals surface area contributed by atoms with Crippen LogP contribution in [0.25, 0.3) is 0 Å². The molecule has 1 aliphatic heterocycles. The molecule has 0 unspecified atom stereocenters. The molecule has 4 heteroatoms. The number of halogens is 1. The van der Waals surface area contributed by atoms with Gasteiger partial charge in [-0.25, -0.2) is 4.39 Å². The molecule has 1 aromatic rings. The average molecular weight is 222 g/mol. The Morgan fingerprint density at radius 1 is 1.31 bits per heavy atom. The van der Waals surface area contributed by atoms with E-state index in [1.807, 2.05) is 0 Å². The van der Waals surface area contributed by atoms with Gasteiger partial charge >= 0.3 is 0 Å². The summed E-state index contributed by atoms with van der Waals surface area (Å²) >= 11 is 0. The molecule has 1 amide bonds. The van der Waals surface area contributed by atoms with Crippen molar-refractivity contribution in [2.24, 2.45) is 5.73 Å². The summed E-state index contributed by atoms with van der Waals surface area (Å²) in [6, 6.07) is 6.25. The van der Waals surface area contributed by atoms with Crippen LogP contribution in [0, 0.1) is 5.82 Å². The van der Waals surface area contributed by atoms with Crippen molar-refractivity contribution in [1.82, 2.24) is 4.90 Å². The summed E-state index contributed by atoms with van der Waals surface area (Å²) in [5.41, 5.74) is 5.90. The van der Waals surface area contributed by atoms with E-state index in [2.05, 4.69) is 0 Å². The van der Waals surface area contributed by atoms with Gasteiger partial charge in [0, 0.05) is 19.1 Å². The molecule has 0 saturated carbocycles. The number of rotatable bonds is 1. The minimum atomic E-state index is -0.456. The number of nitrogens with zero attached hydrogens (tertiary/aromatic N) is 1. The van der Waals surface area contributed by atoms with Gasteiger partial charge in [-0.05, 0) is 25.0 Å².